The van der Waals surface area contributed by atoms with Crippen molar-refractivity contribution in [3.63, 3.8) is 0 Å². The lowest BCUT2D eigenvalue weighted by atomic mass is 10.0. The number of nitrogens with two attached hydrogens (primary N) is 1. The molecule has 7 nitrogen and oxygen atoms in total. The Hall–Kier alpha value is -3.65. The molecule has 2 heterocycles. The lowest BCUT2D eigenvalue weighted by Gasteiger charge is -2.34. The van der Waals surface area contributed by atoms with Crippen molar-refractivity contribution in [1.82, 2.24) is 4.98 Å². The highest BCUT2D eigenvalue weighted by molar-refractivity contribution is 6.30. The minimum atomic E-state index is -1.19. The SMILES string of the molecule is NC(=O)C(c1cccc(Cl)c1)N1c2c(C(=O)O)ccnc2NC1c1ccc(F)cc1. The van der Waals surface area contributed by atoms with E-state index in [1.807, 2.05) is 0 Å². The number of carboxylic acids is 1. The van der Waals surface area contributed by atoms with Crippen molar-refractivity contribution in [3.8, 4) is 0 Å². The Morgan fingerprint density at radius 1 is 1.20 bits per heavy atom. The highest BCUT2D eigenvalue weighted by atomic mass is 35.5. The van der Waals surface area contributed by atoms with Crippen molar-refractivity contribution >= 4 is 35.0 Å². The smallest absolute Gasteiger partial charge is 0.338 e. The third-order valence-electron chi connectivity index (χ3n) is 4.86. The molecular weight excluding hydrogens is 411 g/mol. The molecule has 2 aromatic carbocycles. The van der Waals surface area contributed by atoms with E-state index in [0.29, 0.717) is 16.1 Å². The summed E-state index contributed by atoms with van der Waals surface area (Å²) in [6.07, 6.45) is 0.643. The van der Waals surface area contributed by atoms with Gasteiger partial charge in [-0.2, -0.15) is 0 Å². The van der Waals surface area contributed by atoms with Gasteiger partial charge in [0, 0.05) is 11.2 Å². The van der Waals surface area contributed by atoms with Crippen LogP contribution in [0.3, 0.4) is 0 Å². The van der Waals surface area contributed by atoms with Gasteiger partial charge in [-0.25, -0.2) is 14.2 Å². The second kappa shape index (κ2) is 7.64. The number of benzene rings is 2. The molecule has 3 aromatic rings. The second-order valence-electron chi connectivity index (χ2n) is 6.73. The van der Waals surface area contributed by atoms with Gasteiger partial charge in [-0.3, -0.25) is 4.79 Å². The number of hydrogen-bond acceptors (Lipinski definition) is 5. The molecule has 1 aromatic heterocycles. The van der Waals surface area contributed by atoms with Gasteiger partial charge in [0.25, 0.3) is 0 Å². The predicted octanol–water partition coefficient (Wildman–Crippen LogP) is 3.73. The molecule has 30 heavy (non-hydrogen) atoms. The molecule has 4 rings (SSSR count). The minimum absolute atomic E-state index is 0.0506. The molecule has 2 atom stereocenters. The number of carboxylic acid groups (broad SMARTS) is 1. The van der Waals surface area contributed by atoms with E-state index in [9.17, 15) is 19.1 Å². The van der Waals surface area contributed by atoms with E-state index in [1.165, 1.54) is 24.4 Å². The Kier molecular flexibility index (Phi) is 5.01. The van der Waals surface area contributed by atoms with Gasteiger partial charge < -0.3 is 21.1 Å². The largest absolute Gasteiger partial charge is 0.478 e. The van der Waals surface area contributed by atoms with Gasteiger partial charge in [0.2, 0.25) is 5.91 Å². The lowest BCUT2D eigenvalue weighted by Crippen LogP contribution is -2.40. The third kappa shape index (κ3) is 3.42. The Bertz CT molecular complexity index is 1140. The molecule has 9 heteroatoms. The fraction of sp³-hybridized carbons (Fsp3) is 0.0952. The molecule has 152 valence electrons. The van der Waals surface area contributed by atoms with Gasteiger partial charge in [-0.15, -0.1) is 0 Å². The summed E-state index contributed by atoms with van der Waals surface area (Å²) in [5.41, 5.74) is 7.01. The van der Waals surface area contributed by atoms with Crippen LogP contribution in [0.15, 0.2) is 60.8 Å². The number of nitrogens with zero attached hydrogens (tertiary/aromatic N) is 2. The number of halogens is 2. The number of carbonyl (C=O) groups is 2. The van der Waals surface area contributed by atoms with Gasteiger partial charge in [0.1, 0.15) is 18.0 Å². The summed E-state index contributed by atoms with van der Waals surface area (Å²) >= 11 is 6.12. The fourth-order valence-electron chi connectivity index (χ4n) is 3.63. The Morgan fingerprint density at radius 3 is 2.57 bits per heavy atom. The summed E-state index contributed by atoms with van der Waals surface area (Å²) in [5, 5.41) is 13.2. The number of pyridine rings is 1. The van der Waals surface area contributed by atoms with Crippen molar-refractivity contribution in [2.75, 3.05) is 10.2 Å². The van der Waals surface area contributed by atoms with Crippen molar-refractivity contribution in [2.24, 2.45) is 5.73 Å². The number of rotatable bonds is 5. The average molecular weight is 427 g/mol. The van der Waals surface area contributed by atoms with Crippen molar-refractivity contribution < 1.29 is 19.1 Å². The van der Waals surface area contributed by atoms with Crippen LogP contribution in [0.2, 0.25) is 5.02 Å². The van der Waals surface area contributed by atoms with Gasteiger partial charge in [-0.1, -0.05) is 35.9 Å². The van der Waals surface area contributed by atoms with Crippen LogP contribution in [0.25, 0.3) is 0 Å². The molecule has 0 saturated carbocycles. The zero-order valence-corrected chi connectivity index (χ0v) is 16.2. The third-order valence-corrected chi connectivity index (χ3v) is 5.10. The highest BCUT2D eigenvalue weighted by Gasteiger charge is 2.41. The zero-order chi connectivity index (χ0) is 21.4. The number of primary amides is 1. The molecule has 0 bridgehead atoms. The molecule has 1 aliphatic heterocycles. The quantitative estimate of drug-likeness (QED) is 0.573. The molecular formula is C21H16ClFN4O3. The fourth-order valence-corrected chi connectivity index (χ4v) is 3.83. The summed E-state index contributed by atoms with van der Waals surface area (Å²) in [6, 6.07) is 12.5. The molecule has 2 unspecified atom stereocenters. The predicted molar refractivity (Wildman–Crippen MR) is 110 cm³/mol. The number of anilines is 2. The summed E-state index contributed by atoms with van der Waals surface area (Å²) < 4.78 is 13.5. The number of amides is 1. The summed E-state index contributed by atoms with van der Waals surface area (Å²) in [7, 11) is 0. The van der Waals surface area contributed by atoms with E-state index < -0.39 is 29.9 Å². The molecule has 1 amide bonds. The molecule has 1 aliphatic rings. The first kappa shape index (κ1) is 19.7. The van der Waals surface area contributed by atoms with Crippen LogP contribution in [0.4, 0.5) is 15.9 Å². The second-order valence-corrected chi connectivity index (χ2v) is 7.16. The normalized spacial score (nSPS) is 15.9. The average Bonchev–Trinajstić information content (AvgIpc) is 3.08. The van der Waals surface area contributed by atoms with Crippen LogP contribution in [0.1, 0.15) is 33.7 Å². The van der Waals surface area contributed by atoms with Gasteiger partial charge in [0.05, 0.1) is 11.3 Å². The number of fused-ring (bicyclic) bond motifs is 1. The maximum atomic E-state index is 13.5. The van der Waals surface area contributed by atoms with Crippen LogP contribution in [-0.2, 0) is 4.79 Å². The van der Waals surface area contributed by atoms with Crippen LogP contribution in [0, 0.1) is 5.82 Å². The van der Waals surface area contributed by atoms with E-state index in [0.717, 1.165) is 0 Å². The Labute approximate surface area is 175 Å². The Morgan fingerprint density at radius 2 is 1.93 bits per heavy atom. The maximum Gasteiger partial charge on any atom is 0.338 e. The van der Waals surface area contributed by atoms with Crippen molar-refractivity contribution in [2.45, 2.75) is 12.2 Å². The first-order valence-corrected chi connectivity index (χ1v) is 9.32. The first-order valence-electron chi connectivity index (χ1n) is 8.94. The molecule has 0 aliphatic carbocycles. The van der Waals surface area contributed by atoms with E-state index >= 15 is 0 Å². The number of aromatic carboxylic acids is 1. The van der Waals surface area contributed by atoms with E-state index in [4.69, 9.17) is 17.3 Å². The van der Waals surface area contributed by atoms with E-state index in [2.05, 4.69) is 10.3 Å². The molecule has 4 N–H and O–H groups in total. The van der Waals surface area contributed by atoms with Crippen molar-refractivity contribution in [3.05, 3.63) is 88.3 Å². The molecule has 0 radical (unpaired) electrons. The van der Waals surface area contributed by atoms with E-state index in [1.54, 1.807) is 41.3 Å². The van der Waals surface area contributed by atoms with Crippen LogP contribution in [-0.4, -0.2) is 22.0 Å². The minimum Gasteiger partial charge on any atom is -0.478 e. The monoisotopic (exact) mass is 426 g/mol. The number of nitrogens with one attached hydrogen (secondary N) is 1. The van der Waals surface area contributed by atoms with Crippen LogP contribution < -0.4 is 16.0 Å². The van der Waals surface area contributed by atoms with Gasteiger partial charge >= 0.3 is 5.97 Å². The molecule has 0 spiro atoms. The van der Waals surface area contributed by atoms with Gasteiger partial charge in [0.15, 0.2) is 5.82 Å². The molecule has 0 saturated heterocycles. The standard InChI is InChI=1S/C21H16ClFN4O3/c22-13-3-1-2-12(10-13)16(18(24)28)27-17-15(21(29)30)8-9-25-19(17)26-20(27)11-4-6-14(23)7-5-11/h1-10,16,20H,(H2,24,28)(H,25,26)(H,29,30). The topological polar surface area (TPSA) is 109 Å². The number of hydrogen-bond donors (Lipinski definition) is 3. The van der Waals surface area contributed by atoms with Gasteiger partial charge in [-0.05, 0) is 41.5 Å². The number of carbonyl (C=O) groups excluding carboxylic acids is 1. The summed E-state index contributed by atoms with van der Waals surface area (Å²) in [4.78, 5) is 30.3. The van der Waals surface area contributed by atoms with Crippen LogP contribution >= 0.6 is 11.6 Å². The zero-order valence-electron chi connectivity index (χ0n) is 15.4. The maximum absolute atomic E-state index is 13.5. The van der Waals surface area contributed by atoms with Crippen LogP contribution in [0.5, 0.6) is 0 Å². The summed E-state index contributed by atoms with van der Waals surface area (Å²) in [6.45, 7) is 0. The van der Waals surface area contributed by atoms with E-state index in [-0.39, 0.29) is 17.1 Å². The molecule has 0 fully saturated rings. The van der Waals surface area contributed by atoms with Crippen molar-refractivity contribution in [1.29, 1.82) is 0 Å². The Balaban J connectivity index is 1.94. The summed E-state index contributed by atoms with van der Waals surface area (Å²) in [5.74, 6) is -2.04. The lowest BCUT2D eigenvalue weighted by molar-refractivity contribution is -0.119. The number of aromatic nitrogens is 1. The highest BCUT2D eigenvalue weighted by Crippen LogP contribution is 2.47. The first-order chi connectivity index (χ1) is 14.4.